The van der Waals surface area contributed by atoms with Crippen LogP contribution in [0.1, 0.15) is 0 Å². The number of ether oxygens (including phenoxy) is 1. The monoisotopic (exact) mass is 345 g/mol. The number of nitrogens with zero attached hydrogens (tertiary/aromatic N) is 1. The third-order valence-electron chi connectivity index (χ3n) is 4.26. The molecule has 2 atom stereocenters. The molecule has 0 N–H and O–H groups in total. The lowest BCUT2D eigenvalue weighted by Crippen LogP contribution is -2.50. The zero-order valence-corrected chi connectivity index (χ0v) is 13.7. The van der Waals surface area contributed by atoms with E-state index < -0.39 is 31.0 Å². The first kappa shape index (κ1) is 15.9. The Kier molecular flexibility index (Phi) is 4.28. The van der Waals surface area contributed by atoms with Crippen molar-refractivity contribution < 1.29 is 21.6 Å². The van der Waals surface area contributed by atoms with Gasteiger partial charge in [-0.05, 0) is 12.1 Å². The van der Waals surface area contributed by atoms with Gasteiger partial charge in [-0.2, -0.15) is 0 Å². The van der Waals surface area contributed by atoms with Crippen molar-refractivity contribution in [2.45, 2.75) is 16.2 Å². The maximum absolute atomic E-state index is 12.9. The van der Waals surface area contributed by atoms with Crippen LogP contribution in [0.5, 0.6) is 0 Å². The lowest BCUT2D eigenvalue weighted by molar-refractivity contribution is 0.0222. The molecule has 0 spiro atoms. The van der Waals surface area contributed by atoms with Crippen LogP contribution in [-0.2, 0) is 24.4 Å². The minimum Gasteiger partial charge on any atom is -0.379 e. The molecule has 22 heavy (non-hydrogen) atoms. The fourth-order valence-electron chi connectivity index (χ4n) is 3.13. The van der Waals surface area contributed by atoms with Gasteiger partial charge in [0.05, 0.1) is 34.9 Å². The highest BCUT2D eigenvalue weighted by molar-refractivity contribution is 7.96. The first-order valence-corrected chi connectivity index (χ1v) is 10.6. The highest BCUT2D eigenvalue weighted by Gasteiger charge is 2.48. The minimum atomic E-state index is -3.67. The van der Waals surface area contributed by atoms with Crippen LogP contribution >= 0.6 is 0 Å². The lowest BCUT2D eigenvalue weighted by atomic mass is 10.2. The SMILES string of the molecule is O=S1(=O)C[C@H](N2CCOCC2)[C@@H](S(=O)(=O)c2ccccc2)C1. The molecular weight excluding hydrogens is 326 g/mol. The van der Waals surface area contributed by atoms with E-state index in [1.165, 1.54) is 12.1 Å². The van der Waals surface area contributed by atoms with E-state index in [4.69, 9.17) is 4.74 Å². The van der Waals surface area contributed by atoms with Crippen LogP contribution in [0.2, 0.25) is 0 Å². The van der Waals surface area contributed by atoms with Crippen LogP contribution in [0.4, 0.5) is 0 Å². The van der Waals surface area contributed by atoms with E-state index >= 15 is 0 Å². The second kappa shape index (κ2) is 5.92. The molecule has 3 rings (SSSR count). The first-order chi connectivity index (χ1) is 10.4. The third kappa shape index (κ3) is 3.05. The van der Waals surface area contributed by atoms with Gasteiger partial charge in [0, 0.05) is 19.1 Å². The lowest BCUT2D eigenvalue weighted by Gasteiger charge is -2.34. The average molecular weight is 345 g/mol. The zero-order valence-electron chi connectivity index (χ0n) is 12.1. The Hall–Kier alpha value is -0.960. The van der Waals surface area contributed by atoms with E-state index in [9.17, 15) is 16.8 Å². The molecule has 0 radical (unpaired) electrons. The Morgan fingerprint density at radius 3 is 2.32 bits per heavy atom. The van der Waals surface area contributed by atoms with Crippen molar-refractivity contribution in [3.63, 3.8) is 0 Å². The molecule has 6 nitrogen and oxygen atoms in total. The molecular formula is C14H19NO5S2. The Morgan fingerprint density at radius 2 is 1.68 bits per heavy atom. The van der Waals surface area contributed by atoms with Gasteiger partial charge in [0.1, 0.15) is 0 Å². The van der Waals surface area contributed by atoms with Crippen LogP contribution in [0.3, 0.4) is 0 Å². The van der Waals surface area contributed by atoms with Gasteiger partial charge < -0.3 is 4.74 Å². The quantitative estimate of drug-likeness (QED) is 0.765. The summed E-state index contributed by atoms with van der Waals surface area (Å²) in [5, 5.41) is -0.905. The van der Waals surface area contributed by atoms with Gasteiger partial charge in [-0.15, -0.1) is 0 Å². The van der Waals surface area contributed by atoms with Crippen LogP contribution in [0.15, 0.2) is 35.2 Å². The summed E-state index contributed by atoms with van der Waals surface area (Å²) < 4.78 is 55.1. The predicted molar refractivity (Wildman–Crippen MR) is 82.2 cm³/mol. The van der Waals surface area contributed by atoms with Crippen molar-refractivity contribution in [2.24, 2.45) is 0 Å². The molecule has 2 saturated heterocycles. The molecule has 0 aromatic heterocycles. The second-order valence-electron chi connectivity index (χ2n) is 5.69. The largest absolute Gasteiger partial charge is 0.379 e. The van der Waals surface area contributed by atoms with Gasteiger partial charge in [0.15, 0.2) is 19.7 Å². The molecule has 0 saturated carbocycles. The first-order valence-electron chi connectivity index (χ1n) is 7.21. The Bertz CT molecular complexity index is 724. The molecule has 2 heterocycles. The van der Waals surface area contributed by atoms with Crippen molar-refractivity contribution >= 4 is 19.7 Å². The van der Waals surface area contributed by atoms with Gasteiger partial charge in [-0.3, -0.25) is 4.90 Å². The van der Waals surface area contributed by atoms with Gasteiger partial charge in [0.25, 0.3) is 0 Å². The highest BCUT2D eigenvalue weighted by atomic mass is 32.2. The number of rotatable bonds is 3. The maximum atomic E-state index is 12.9. The van der Waals surface area contributed by atoms with Gasteiger partial charge in [-0.1, -0.05) is 18.2 Å². The summed E-state index contributed by atoms with van der Waals surface area (Å²) in [6, 6.07) is 7.61. The van der Waals surface area contributed by atoms with Gasteiger partial charge in [-0.25, -0.2) is 16.8 Å². The van der Waals surface area contributed by atoms with E-state index in [0.717, 1.165) is 0 Å². The molecule has 1 aromatic rings. The van der Waals surface area contributed by atoms with Crippen molar-refractivity contribution in [3.05, 3.63) is 30.3 Å². The molecule has 2 fully saturated rings. The smallest absolute Gasteiger partial charge is 0.183 e. The maximum Gasteiger partial charge on any atom is 0.183 e. The summed E-state index contributed by atoms with van der Waals surface area (Å²) in [6.07, 6.45) is 0. The Morgan fingerprint density at radius 1 is 1.05 bits per heavy atom. The summed E-state index contributed by atoms with van der Waals surface area (Å²) >= 11 is 0. The van der Waals surface area contributed by atoms with Crippen molar-refractivity contribution in [3.8, 4) is 0 Å². The van der Waals surface area contributed by atoms with E-state index in [-0.39, 0.29) is 16.4 Å². The Balaban J connectivity index is 1.95. The standard InChI is InChI=1S/C14H19NO5S2/c16-21(17)10-13(15-6-8-20-9-7-15)14(11-21)22(18,19)12-4-2-1-3-5-12/h1-5,13-14H,6-11H2/t13-,14-/m0/s1. The molecule has 0 aliphatic carbocycles. The van der Waals surface area contributed by atoms with E-state index in [0.29, 0.717) is 26.3 Å². The van der Waals surface area contributed by atoms with Gasteiger partial charge in [0.2, 0.25) is 0 Å². The van der Waals surface area contributed by atoms with Crippen molar-refractivity contribution in [2.75, 3.05) is 37.8 Å². The van der Waals surface area contributed by atoms with Gasteiger partial charge >= 0.3 is 0 Å². The highest BCUT2D eigenvalue weighted by Crippen LogP contribution is 2.29. The molecule has 1 aromatic carbocycles. The fourth-order valence-corrected chi connectivity index (χ4v) is 7.98. The number of hydrogen-bond donors (Lipinski definition) is 0. The minimum absolute atomic E-state index is 0.0935. The van der Waals surface area contributed by atoms with Crippen molar-refractivity contribution in [1.82, 2.24) is 4.90 Å². The molecule has 0 unspecified atom stereocenters. The summed E-state index contributed by atoms with van der Waals surface area (Å²) in [6.45, 7) is 2.16. The average Bonchev–Trinajstić information content (AvgIpc) is 2.86. The normalized spacial score (nSPS) is 29.5. The number of hydrogen-bond acceptors (Lipinski definition) is 6. The third-order valence-corrected chi connectivity index (χ3v) is 8.39. The van der Waals surface area contributed by atoms with Crippen LogP contribution in [0.25, 0.3) is 0 Å². The molecule has 122 valence electrons. The number of morpholine rings is 1. The topological polar surface area (TPSA) is 80.8 Å². The summed E-state index contributed by atoms with van der Waals surface area (Å²) in [5.41, 5.74) is 0. The Labute approximate surface area is 130 Å². The fraction of sp³-hybridized carbons (Fsp3) is 0.571. The van der Waals surface area contributed by atoms with E-state index in [2.05, 4.69) is 0 Å². The van der Waals surface area contributed by atoms with Crippen molar-refractivity contribution in [1.29, 1.82) is 0 Å². The molecule has 0 bridgehead atoms. The zero-order chi connectivity index (χ0) is 15.8. The molecule has 0 amide bonds. The summed E-state index contributed by atoms with van der Waals surface area (Å²) in [7, 11) is -7.02. The number of benzene rings is 1. The van der Waals surface area contributed by atoms with E-state index in [1.807, 2.05) is 4.90 Å². The predicted octanol–water partition coefficient (Wildman–Crippen LogP) is -0.0419. The number of sulfone groups is 2. The second-order valence-corrected chi connectivity index (χ2v) is 10.0. The summed E-state index contributed by atoms with van der Waals surface area (Å²) in [5.74, 6) is -0.393. The van der Waals surface area contributed by atoms with Crippen LogP contribution in [0, 0.1) is 0 Å². The van der Waals surface area contributed by atoms with E-state index in [1.54, 1.807) is 18.2 Å². The molecule has 2 aliphatic rings. The molecule has 2 aliphatic heterocycles. The summed E-state index contributed by atoms with van der Waals surface area (Å²) in [4.78, 5) is 2.13. The molecule has 8 heteroatoms. The van der Waals surface area contributed by atoms with Crippen LogP contribution < -0.4 is 0 Å². The van der Waals surface area contributed by atoms with Crippen LogP contribution in [-0.4, -0.2) is 70.8 Å².